The molecule has 0 heterocycles. The molecule has 2 aromatic carbocycles. The summed E-state index contributed by atoms with van der Waals surface area (Å²) in [6.45, 7) is 0.206. The summed E-state index contributed by atoms with van der Waals surface area (Å²) in [4.78, 5) is 14.1. The van der Waals surface area contributed by atoms with E-state index in [-0.39, 0.29) is 12.6 Å². The molecule has 0 atom stereocenters. The maximum atomic E-state index is 12.1. The number of methoxy groups -OCH3 is 3. The van der Waals surface area contributed by atoms with Crippen LogP contribution in [-0.2, 0) is 0 Å². The third-order valence-electron chi connectivity index (χ3n) is 3.87. The number of nitrogens with one attached hydrogen (secondary N) is 2. The second kappa shape index (κ2) is 9.97. The molecule has 148 valence electrons. The fourth-order valence-corrected chi connectivity index (χ4v) is 2.56. The monoisotopic (exact) mass is 383 g/mol. The normalized spacial score (nSPS) is 9.61. The van der Waals surface area contributed by atoms with E-state index in [4.69, 9.17) is 14.2 Å². The number of nitrogens with zero attached hydrogens (tertiary/aromatic N) is 1. The van der Waals surface area contributed by atoms with Crippen molar-refractivity contribution in [1.29, 1.82) is 0 Å². The van der Waals surface area contributed by atoms with Gasteiger partial charge < -0.3 is 29.7 Å². The van der Waals surface area contributed by atoms with Crippen LogP contribution in [0.4, 0.5) is 16.2 Å². The first-order valence-electron chi connectivity index (χ1n) is 8.60. The van der Waals surface area contributed by atoms with Crippen LogP contribution in [-0.4, -0.2) is 48.0 Å². The zero-order valence-corrected chi connectivity index (χ0v) is 16.8. The summed E-state index contributed by atoms with van der Waals surface area (Å²) >= 11 is 0. The predicted molar refractivity (Wildman–Crippen MR) is 111 cm³/mol. The molecule has 2 amide bonds. The highest BCUT2D eigenvalue weighted by Crippen LogP contribution is 2.39. The number of para-hydroxylation sites is 1. The number of ether oxygens (including phenoxy) is 3. The lowest BCUT2D eigenvalue weighted by Gasteiger charge is -2.14. The van der Waals surface area contributed by atoms with Crippen molar-refractivity contribution >= 4 is 17.4 Å². The average molecular weight is 383 g/mol. The highest BCUT2D eigenvalue weighted by atomic mass is 16.5. The number of urea groups is 1. The average Bonchev–Trinajstić information content (AvgIpc) is 2.70. The Balaban J connectivity index is 2.01. The van der Waals surface area contributed by atoms with Gasteiger partial charge in [0, 0.05) is 31.8 Å². The Bertz CT molecular complexity index is 860. The number of carbonyl (C=O) groups excluding carboxylic acids is 1. The van der Waals surface area contributed by atoms with Gasteiger partial charge in [0.15, 0.2) is 11.5 Å². The lowest BCUT2D eigenvalue weighted by molar-refractivity contribution is 0.253. The molecule has 7 heteroatoms. The summed E-state index contributed by atoms with van der Waals surface area (Å²) < 4.78 is 15.8. The fourth-order valence-electron chi connectivity index (χ4n) is 2.56. The Labute approximate surface area is 165 Å². The zero-order valence-electron chi connectivity index (χ0n) is 16.8. The zero-order chi connectivity index (χ0) is 20.5. The van der Waals surface area contributed by atoms with Gasteiger partial charge in [-0.15, -0.1) is 0 Å². The molecule has 0 aliphatic heterocycles. The van der Waals surface area contributed by atoms with E-state index < -0.39 is 0 Å². The van der Waals surface area contributed by atoms with Crippen LogP contribution in [0.15, 0.2) is 36.4 Å². The van der Waals surface area contributed by atoms with Crippen molar-refractivity contribution in [2.75, 3.05) is 52.2 Å². The summed E-state index contributed by atoms with van der Waals surface area (Å²) in [6.07, 6.45) is 0. The fraction of sp³-hybridized carbons (Fsp3) is 0.286. The Morgan fingerprint density at radius 1 is 1.04 bits per heavy atom. The molecule has 28 heavy (non-hydrogen) atoms. The van der Waals surface area contributed by atoms with Crippen LogP contribution in [0.25, 0.3) is 0 Å². The SMILES string of the molecule is COc1cc(NC(=O)NCC#Cc2ccccc2N(C)C)cc(OC)c1OC. The summed E-state index contributed by atoms with van der Waals surface area (Å²) in [5.41, 5.74) is 2.44. The van der Waals surface area contributed by atoms with Gasteiger partial charge in [-0.1, -0.05) is 24.0 Å². The molecule has 2 aromatic rings. The third-order valence-corrected chi connectivity index (χ3v) is 3.87. The molecule has 2 N–H and O–H groups in total. The number of rotatable bonds is 6. The van der Waals surface area contributed by atoms with E-state index in [9.17, 15) is 4.79 Å². The molecule has 0 spiro atoms. The van der Waals surface area contributed by atoms with Crippen LogP contribution in [0.3, 0.4) is 0 Å². The minimum Gasteiger partial charge on any atom is -0.493 e. The molecule has 0 fully saturated rings. The van der Waals surface area contributed by atoms with E-state index in [1.165, 1.54) is 21.3 Å². The first-order chi connectivity index (χ1) is 13.5. The van der Waals surface area contributed by atoms with Crippen molar-refractivity contribution in [3.05, 3.63) is 42.0 Å². The highest BCUT2D eigenvalue weighted by Gasteiger charge is 2.14. The minimum atomic E-state index is -0.385. The van der Waals surface area contributed by atoms with E-state index in [1.807, 2.05) is 43.3 Å². The van der Waals surface area contributed by atoms with Gasteiger partial charge in [-0.2, -0.15) is 0 Å². The Morgan fingerprint density at radius 2 is 1.68 bits per heavy atom. The van der Waals surface area contributed by atoms with Gasteiger partial charge in [-0.3, -0.25) is 0 Å². The van der Waals surface area contributed by atoms with Crippen LogP contribution >= 0.6 is 0 Å². The second-order valence-corrected chi connectivity index (χ2v) is 5.94. The van der Waals surface area contributed by atoms with Gasteiger partial charge in [0.05, 0.1) is 39.2 Å². The van der Waals surface area contributed by atoms with Crippen molar-refractivity contribution in [3.8, 4) is 29.1 Å². The topological polar surface area (TPSA) is 72.1 Å². The molecule has 0 saturated carbocycles. The summed E-state index contributed by atoms with van der Waals surface area (Å²) in [5, 5.41) is 5.43. The van der Waals surface area contributed by atoms with Gasteiger partial charge in [-0.05, 0) is 12.1 Å². The number of carbonyl (C=O) groups is 1. The molecular formula is C21H25N3O4. The lowest BCUT2D eigenvalue weighted by Crippen LogP contribution is -2.28. The molecule has 0 aromatic heterocycles. The lowest BCUT2D eigenvalue weighted by atomic mass is 10.1. The Kier molecular flexibility index (Phi) is 7.40. The molecule has 2 rings (SSSR count). The molecule has 0 saturated heterocycles. The van der Waals surface area contributed by atoms with Gasteiger partial charge in [-0.25, -0.2) is 4.79 Å². The predicted octanol–water partition coefficient (Wildman–Crippen LogP) is 2.95. The standard InChI is InChI=1S/C21H25N3O4/c1-24(2)17-11-7-6-9-15(17)10-8-12-22-21(25)23-16-13-18(26-3)20(28-5)19(14-16)27-4/h6-7,9,11,13-14H,12H2,1-5H3,(H2,22,23,25). The van der Waals surface area contributed by atoms with Gasteiger partial charge in [0.1, 0.15) is 0 Å². The van der Waals surface area contributed by atoms with Crippen molar-refractivity contribution < 1.29 is 19.0 Å². The highest BCUT2D eigenvalue weighted by molar-refractivity contribution is 5.90. The quantitative estimate of drug-likeness (QED) is 0.751. The second-order valence-electron chi connectivity index (χ2n) is 5.94. The number of hydrogen-bond donors (Lipinski definition) is 2. The largest absolute Gasteiger partial charge is 0.493 e. The molecular weight excluding hydrogens is 358 g/mol. The van der Waals surface area contributed by atoms with Crippen molar-refractivity contribution in [1.82, 2.24) is 5.32 Å². The van der Waals surface area contributed by atoms with Gasteiger partial charge in [0.2, 0.25) is 5.75 Å². The van der Waals surface area contributed by atoms with Gasteiger partial charge >= 0.3 is 6.03 Å². The Morgan fingerprint density at radius 3 is 2.25 bits per heavy atom. The number of amides is 2. The van der Waals surface area contributed by atoms with E-state index in [0.29, 0.717) is 22.9 Å². The van der Waals surface area contributed by atoms with Crippen LogP contribution < -0.4 is 29.7 Å². The first kappa shape index (κ1) is 20.8. The molecule has 7 nitrogen and oxygen atoms in total. The summed E-state index contributed by atoms with van der Waals surface area (Å²) in [5.74, 6) is 7.40. The number of benzene rings is 2. The molecule has 0 radical (unpaired) electrons. The Hall–Kier alpha value is -3.53. The van der Waals surface area contributed by atoms with E-state index in [1.54, 1.807) is 12.1 Å². The van der Waals surface area contributed by atoms with Crippen molar-refractivity contribution in [2.24, 2.45) is 0 Å². The van der Waals surface area contributed by atoms with E-state index in [0.717, 1.165) is 11.3 Å². The third kappa shape index (κ3) is 5.24. The number of hydrogen-bond acceptors (Lipinski definition) is 5. The van der Waals surface area contributed by atoms with E-state index in [2.05, 4.69) is 22.5 Å². The van der Waals surface area contributed by atoms with Crippen molar-refractivity contribution in [3.63, 3.8) is 0 Å². The van der Waals surface area contributed by atoms with Crippen LogP contribution in [0.2, 0.25) is 0 Å². The molecule has 0 aliphatic rings. The minimum absolute atomic E-state index is 0.206. The van der Waals surface area contributed by atoms with Crippen molar-refractivity contribution in [2.45, 2.75) is 0 Å². The molecule has 0 unspecified atom stereocenters. The first-order valence-corrected chi connectivity index (χ1v) is 8.60. The maximum Gasteiger partial charge on any atom is 0.319 e. The molecule has 0 bridgehead atoms. The number of anilines is 2. The van der Waals surface area contributed by atoms with E-state index >= 15 is 0 Å². The van der Waals surface area contributed by atoms with Gasteiger partial charge in [0.25, 0.3) is 0 Å². The molecule has 0 aliphatic carbocycles. The van der Waals surface area contributed by atoms with Crippen LogP contribution in [0.1, 0.15) is 5.56 Å². The van der Waals surface area contributed by atoms with Crippen LogP contribution in [0, 0.1) is 11.8 Å². The summed E-state index contributed by atoms with van der Waals surface area (Å²) in [7, 11) is 8.48. The summed E-state index contributed by atoms with van der Waals surface area (Å²) in [6, 6.07) is 10.8. The smallest absolute Gasteiger partial charge is 0.319 e. The van der Waals surface area contributed by atoms with Crippen LogP contribution in [0.5, 0.6) is 17.2 Å². The maximum absolute atomic E-state index is 12.1.